The summed E-state index contributed by atoms with van der Waals surface area (Å²) in [5, 5.41) is 0. The van der Waals surface area contributed by atoms with Crippen molar-refractivity contribution in [3.8, 4) is 0 Å². The number of hydrogen-bond donors (Lipinski definition) is 2. The van der Waals surface area contributed by atoms with Crippen molar-refractivity contribution in [1.29, 1.82) is 0 Å². The topological polar surface area (TPSA) is 90.0 Å². The number of amides is 1. The molecule has 2 heterocycles. The van der Waals surface area contributed by atoms with Gasteiger partial charge in [0.15, 0.2) is 0 Å². The van der Waals surface area contributed by atoms with Crippen LogP contribution >= 0.6 is 11.3 Å². The molecule has 2 aromatic rings. The summed E-state index contributed by atoms with van der Waals surface area (Å²) in [5.74, 6) is 4.77. The van der Waals surface area contributed by atoms with Crippen molar-refractivity contribution in [3.05, 3.63) is 49.8 Å². The average molecular weight is 278 g/mol. The molecule has 0 fully saturated rings. The first kappa shape index (κ1) is 13.4. The molecule has 0 saturated heterocycles. The number of aromatic nitrogens is 2. The van der Waals surface area contributed by atoms with Gasteiger partial charge in [-0.2, -0.15) is 0 Å². The fraction of sp³-hybridized carbons (Fsp3) is 0.250. The molecule has 0 unspecified atom stereocenters. The maximum Gasteiger partial charge on any atom is 0.275 e. The molecule has 3 N–H and O–H groups in total. The van der Waals surface area contributed by atoms with Crippen LogP contribution in [-0.2, 0) is 6.54 Å². The molecular formula is C12H14N4O2S. The molecule has 100 valence electrons. The van der Waals surface area contributed by atoms with Gasteiger partial charge < -0.3 is 0 Å². The van der Waals surface area contributed by atoms with Gasteiger partial charge in [0, 0.05) is 16.6 Å². The fourth-order valence-electron chi connectivity index (χ4n) is 1.68. The fourth-order valence-corrected chi connectivity index (χ4v) is 2.62. The molecular weight excluding hydrogens is 264 g/mol. The van der Waals surface area contributed by atoms with E-state index in [0.29, 0.717) is 17.1 Å². The van der Waals surface area contributed by atoms with Crippen LogP contribution in [0.15, 0.2) is 23.3 Å². The number of rotatable bonds is 3. The minimum Gasteiger partial charge on any atom is -0.295 e. The highest BCUT2D eigenvalue weighted by atomic mass is 32.1. The quantitative estimate of drug-likeness (QED) is 0.488. The number of hydrazine groups is 1. The minimum absolute atomic E-state index is 0.108. The maximum absolute atomic E-state index is 11.8. The van der Waals surface area contributed by atoms with Gasteiger partial charge in [-0.25, -0.2) is 10.8 Å². The Bertz CT molecular complexity index is 675. The summed E-state index contributed by atoms with van der Waals surface area (Å²) in [4.78, 5) is 28.8. The number of nitrogen functional groups attached to an aromatic ring is 1. The highest BCUT2D eigenvalue weighted by Gasteiger charge is 2.12. The van der Waals surface area contributed by atoms with Crippen molar-refractivity contribution < 1.29 is 4.79 Å². The van der Waals surface area contributed by atoms with Crippen molar-refractivity contribution in [3.63, 3.8) is 0 Å². The van der Waals surface area contributed by atoms with E-state index in [1.54, 1.807) is 13.0 Å². The van der Waals surface area contributed by atoms with Crippen molar-refractivity contribution >= 4 is 17.2 Å². The van der Waals surface area contributed by atoms with Crippen LogP contribution in [0.1, 0.15) is 25.8 Å². The largest absolute Gasteiger partial charge is 0.295 e. The SMILES string of the molecule is Cc1cc(=O)n(Cc2cc(C(=O)NN)sc2C)cn1. The Morgan fingerprint density at radius 3 is 2.84 bits per heavy atom. The summed E-state index contributed by atoms with van der Waals surface area (Å²) in [6.45, 7) is 4.07. The van der Waals surface area contributed by atoms with E-state index in [0.717, 1.165) is 10.4 Å². The molecule has 0 aliphatic carbocycles. The number of carbonyl (C=O) groups excluding carboxylic acids is 1. The average Bonchev–Trinajstić information content (AvgIpc) is 2.73. The van der Waals surface area contributed by atoms with Gasteiger partial charge in [-0.1, -0.05) is 0 Å². The summed E-state index contributed by atoms with van der Waals surface area (Å²) in [7, 11) is 0. The minimum atomic E-state index is -0.325. The van der Waals surface area contributed by atoms with Gasteiger partial charge in [-0.15, -0.1) is 11.3 Å². The molecule has 0 aliphatic heterocycles. The third-order valence-electron chi connectivity index (χ3n) is 2.73. The van der Waals surface area contributed by atoms with Crippen LogP contribution in [0.25, 0.3) is 0 Å². The van der Waals surface area contributed by atoms with Gasteiger partial charge in [0.2, 0.25) is 0 Å². The van der Waals surface area contributed by atoms with Crippen molar-refractivity contribution in [2.45, 2.75) is 20.4 Å². The van der Waals surface area contributed by atoms with E-state index in [-0.39, 0.29) is 11.5 Å². The first-order chi connectivity index (χ1) is 9.01. The Balaban J connectivity index is 2.31. The van der Waals surface area contributed by atoms with Crippen molar-refractivity contribution in [1.82, 2.24) is 15.0 Å². The second-order valence-electron chi connectivity index (χ2n) is 4.16. The molecule has 0 atom stereocenters. The Morgan fingerprint density at radius 1 is 1.47 bits per heavy atom. The number of carbonyl (C=O) groups is 1. The van der Waals surface area contributed by atoms with Crippen LogP contribution in [0.2, 0.25) is 0 Å². The van der Waals surface area contributed by atoms with Crippen LogP contribution in [0, 0.1) is 13.8 Å². The van der Waals surface area contributed by atoms with Crippen molar-refractivity contribution in [2.75, 3.05) is 0 Å². The van der Waals surface area contributed by atoms with Crippen LogP contribution in [0.3, 0.4) is 0 Å². The highest BCUT2D eigenvalue weighted by Crippen LogP contribution is 2.21. The number of nitrogens with one attached hydrogen (secondary N) is 1. The van der Waals surface area contributed by atoms with Gasteiger partial charge in [0.1, 0.15) is 0 Å². The Kier molecular flexibility index (Phi) is 3.77. The van der Waals surface area contributed by atoms with Gasteiger partial charge >= 0.3 is 0 Å². The highest BCUT2D eigenvalue weighted by molar-refractivity contribution is 7.14. The standard InChI is InChI=1S/C12H14N4O2S/c1-7-3-11(17)16(6-14-7)5-9-4-10(12(18)15-13)19-8(9)2/h3-4,6H,5,13H2,1-2H3,(H,15,18). The van der Waals surface area contributed by atoms with E-state index in [1.165, 1.54) is 28.3 Å². The number of aryl methyl sites for hydroxylation is 2. The molecule has 0 saturated carbocycles. The summed E-state index contributed by atoms with van der Waals surface area (Å²) >= 11 is 1.35. The molecule has 19 heavy (non-hydrogen) atoms. The zero-order valence-corrected chi connectivity index (χ0v) is 11.5. The molecule has 0 radical (unpaired) electrons. The summed E-state index contributed by atoms with van der Waals surface area (Å²) < 4.78 is 1.51. The smallest absolute Gasteiger partial charge is 0.275 e. The molecule has 2 aromatic heterocycles. The number of nitrogens with two attached hydrogens (primary N) is 1. The van der Waals surface area contributed by atoms with Crippen molar-refractivity contribution in [2.24, 2.45) is 5.84 Å². The van der Waals surface area contributed by atoms with Crippen LogP contribution in [0.4, 0.5) is 0 Å². The van der Waals surface area contributed by atoms with Gasteiger partial charge in [-0.3, -0.25) is 19.6 Å². The molecule has 0 aromatic carbocycles. The second-order valence-corrected chi connectivity index (χ2v) is 5.42. The van der Waals surface area contributed by atoms with E-state index in [1.807, 2.05) is 6.92 Å². The van der Waals surface area contributed by atoms with E-state index < -0.39 is 0 Å². The van der Waals surface area contributed by atoms with E-state index >= 15 is 0 Å². The normalized spacial score (nSPS) is 10.5. The molecule has 1 amide bonds. The predicted molar refractivity (Wildman–Crippen MR) is 73.0 cm³/mol. The predicted octanol–water partition coefficient (Wildman–Crippen LogP) is 0.573. The Labute approximate surface area is 113 Å². The lowest BCUT2D eigenvalue weighted by Gasteiger charge is -2.04. The van der Waals surface area contributed by atoms with Crippen LogP contribution in [0.5, 0.6) is 0 Å². The number of hydrogen-bond acceptors (Lipinski definition) is 5. The van der Waals surface area contributed by atoms with Gasteiger partial charge in [0.05, 0.1) is 17.7 Å². The third-order valence-corrected chi connectivity index (χ3v) is 3.82. The zero-order valence-electron chi connectivity index (χ0n) is 10.6. The van der Waals surface area contributed by atoms with E-state index in [4.69, 9.17) is 5.84 Å². The lowest BCUT2D eigenvalue weighted by Crippen LogP contribution is -2.29. The van der Waals surface area contributed by atoms with Crippen LogP contribution in [-0.4, -0.2) is 15.5 Å². The third kappa shape index (κ3) is 2.88. The first-order valence-electron chi connectivity index (χ1n) is 5.64. The number of nitrogens with zero attached hydrogens (tertiary/aromatic N) is 2. The molecule has 7 heteroatoms. The van der Waals surface area contributed by atoms with Crippen LogP contribution < -0.4 is 16.8 Å². The van der Waals surface area contributed by atoms with Gasteiger partial charge in [-0.05, 0) is 25.5 Å². The van der Waals surface area contributed by atoms with E-state index in [9.17, 15) is 9.59 Å². The molecule has 6 nitrogen and oxygen atoms in total. The maximum atomic E-state index is 11.8. The monoisotopic (exact) mass is 278 g/mol. The lowest BCUT2D eigenvalue weighted by molar-refractivity contribution is 0.0957. The second kappa shape index (κ2) is 5.33. The van der Waals surface area contributed by atoms with Gasteiger partial charge in [0.25, 0.3) is 11.5 Å². The molecule has 0 bridgehead atoms. The Morgan fingerprint density at radius 2 is 2.21 bits per heavy atom. The number of thiophene rings is 1. The summed E-state index contributed by atoms with van der Waals surface area (Å²) in [6, 6.07) is 3.23. The first-order valence-corrected chi connectivity index (χ1v) is 6.46. The summed E-state index contributed by atoms with van der Waals surface area (Å²) in [5.41, 5.74) is 3.59. The Hall–Kier alpha value is -1.99. The summed E-state index contributed by atoms with van der Waals surface area (Å²) in [6.07, 6.45) is 1.51. The zero-order chi connectivity index (χ0) is 14.0. The molecule has 0 spiro atoms. The molecule has 0 aliphatic rings. The molecule has 2 rings (SSSR count). The van der Waals surface area contributed by atoms with E-state index in [2.05, 4.69) is 10.4 Å². The lowest BCUT2D eigenvalue weighted by atomic mass is 10.2.